The Morgan fingerprint density at radius 1 is 0.943 bits per heavy atom. The second-order valence-corrected chi connectivity index (χ2v) is 9.04. The summed E-state index contributed by atoms with van der Waals surface area (Å²) in [4.78, 5) is 45.7. The molecule has 0 radical (unpaired) electrons. The maximum absolute atomic E-state index is 13.8. The second-order valence-electron chi connectivity index (χ2n) is 9.04. The lowest BCUT2D eigenvalue weighted by Crippen LogP contribution is -2.51. The second kappa shape index (κ2) is 10.9. The van der Waals surface area contributed by atoms with E-state index in [1.54, 1.807) is 19.2 Å². The van der Waals surface area contributed by atoms with Crippen LogP contribution in [0, 0.1) is 0 Å². The Morgan fingerprint density at radius 3 is 2.31 bits per heavy atom. The quantitative estimate of drug-likeness (QED) is 0.406. The Bertz CT molecular complexity index is 1050. The maximum atomic E-state index is 13.8. The number of ether oxygens (including phenoxy) is 2. The first-order valence-corrected chi connectivity index (χ1v) is 12.0. The van der Waals surface area contributed by atoms with Crippen molar-refractivity contribution in [2.45, 2.75) is 24.7 Å². The average Bonchev–Trinajstić information content (AvgIpc) is 3.14. The van der Waals surface area contributed by atoms with Crippen LogP contribution in [0.25, 0.3) is 0 Å². The lowest BCUT2D eigenvalue weighted by molar-refractivity contribution is -0.143. The summed E-state index contributed by atoms with van der Waals surface area (Å²) in [5, 5.41) is 0. The summed E-state index contributed by atoms with van der Waals surface area (Å²) in [5.74, 6) is -0.212. The lowest BCUT2D eigenvalue weighted by Gasteiger charge is -2.38. The highest BCUT2D eigenvalue weighted by molar-refractivity contribution is 6.11. The maximum Gasteiger partial charge on any atom is 0.241 e. The molecule has 186 valence electrons. The number of nitrogens with zero attached hydrogens (tertiary/aromatic N) is 3. The molecule has 3 amide bonds. The van der Waals surface area contributed by atoms with Gasteiger partial charge in [0.25, 0.3) is 0 Å². The molecule has 4 rings (SSSR count). The number of anilines is 1. The van der Waals surface area contributed by atoms with Gasteiger partial charge in [-0.2, -0.15) is 0 Å². The van der Waals surface area contributed by atoms with Crippen molar-refractivity contribution in [3.05, 3.63) is 60.2 Å². The van der Waals surface area contributed by atoms with Crippen LogP contribution in [0.15, 0.2) is 54.6 Å². The molecule has 2 fully saturated rings. The number of piperazine rings is 1. The van der Waals surface area contributed by atoms with Gasteiger partial charge in [0.1, 0.15) is 5.75 Å². The molecule has 1 atom stereocenters. The Hall–Kier alpha value is -3.39. The molecule has 8 heteroatoms. The third-order valence-electron chi connectivity index (χ3n) is 6.97. The van der Waals surface area contributed by atoms with Gasteiger partial charge < -0.3 is 19.3 Å². The van der Waals surface area contributed by atoms with Crippen LogP contribution >= 0.6 is 0 Å². The van der Waals surface area contributed by atoms with Crippen LogP contribution in [-0.2, 0) is 24.5 Å². The van der Waals surface area contributed by atoms with E-state index in [-0.39, 0.29) is 37.1 Å². The van der Waals surface area contributed by atoms with E-state index in [4.69, 9.17) is 9.47 Å². The summed E-state index contributed by atoms with van der Waals surface area (Å²) in [6, 6.07) is 17.3. The standard InChI is InChI=1S/C27H33N3O5/c1-34-18-8-13-30-25(32)20-27(26(30)33,22-11-6-7-12-23(22)35-2)19-24(31)29-16-14-28(15-17-29)21-9-4-3-5-10-21/h3-7,9-12H,8,13-20H2,1-2H3. The van der Waals surface area contributed by atoms with Crippen molar-refractivity contribution < 1.29 is 23.9 Å². The summed E-state index contributed by atoms with van der Waals surface area (Å²) in [7, 11) is 3.12. The number of carbonyl (C=O) groups excluding carboxylic acids is 3. The monoisotopic (exact) mass is 479 g/mol. The van der Waals surface area contributed by atoms with Crippen molar-refractivity contribution in [3.63, 3.8) is 0 Å². The number of para-hydroxylation sites is 2. The molecule has 2 heterocycles. The minimum absolute atomic E-state index is 0.0467. The zero-order valence-corrected chi connectivity index (χ0v) is 20.4. The number of likely N-dealkylation sites (tertiary alicyclic amines) is 1. The highest BCUT2D eigenvalue weighted by atomic mass is 16.5. The third kappa shape index (κ3) is 5.03. The number of hydrogen-bond donors (Lipinski definition) is 0. The van der Waals surface area contributed by atoms with Crippen LogP contribution in [0.5, 0.6) is 5.75 Å². The molecule has 2 saturated heterocycles. The number of benzene rings is 2. The summed E-state index contributed by atoms with van der Waals surface area (Å²) in [6.45, 7) is 3.28. The van der Waals surface area contributed by atoms with Crippen LogP contribution in [0.4, 0.5) is 5.69 Å². The first kappa shape index (κ1) is 24.7. The molecule has 2 aromatic carbocycles. The molecule has 0 saturated carbocycles. The van der Waals surface area contributed by atoms with Gasteiger partial charge >= 0.3 is 0 Å². The molecule has 1 unspecified atom stereocenters. The van der Waals surface area contributed by atoms with E-state index in [9.17, 15) is 14.4 Å². The van der Waals surface area contributed by atoms with E-state index in [0.717, 1.165) is 5.69 Å². The van der Waals surface area contributed by atoms with Crippen LogP contribution in [-0.4, -0.2) is 81.1 Å². The van der Waals surface area contributed by atoms with E-state index < -0.39 is 5.41 Å². The molecular weight excluding hydrogens is 446 g/mol. The predicted molar refractivity (Wildman–Crippen MR) is 132 cm³/mol. The molecule has 0 aromatic heterocycles. The Labute approximate surface area is 206 Å². The first-order chi connectivity index (χ1) is 17.0. The summed E-state index contributed by atoms with van der Waals surface area (Å²) < 4.78 is 10.7. The van der Waals surface area contributed by atoms with E-state index >= 15 is 0 Å². The van der Waals surface area contributed by atoms with Crippen LogP contribution in [0.3, 0.4) is 0 Å². The zero-order valence-electron chi connectivity index (χ0n) is 20.4. The topological polar surface area (TPSA) is 79.4 Å². The van der Waals surface area contributed by atoms with Gasteiger partial charge in [-0.25, -0.2) is 0 Å². The Morgan fingerprint density at radius 2 is 1.63 bits per heavy atom. The number of hydrogen-bond acceptors (Lipinski definition) is 6. The van der Waals surface area contributed by atoms with Crippen molar-refractivity contribution in [1.82, 2.24) is 9.80 Å². The van der Waals surface area contributed by atoms with Gasteiger partial charge in [0.05, 0.1) is 12.5 Å². The van der Waals surface area contributed by atoms with Crippen molar-refractivity contribution in [2.75, 3.05) is 58.5 Å². The Balaban J connectivity index is 1.55. The molecule has 0 bridgehead atoms. The van der Waals surface area contributed by atoms with Crippen LogP contribution < -0.4 is 9.64 Å². The van der Waals surface area contributed by atoms with Crippen LogP contribution in [0.1, 0.15) is 24.8 Å². The van der Waals surface area contributed by atoms with Crippen LogP contribution in [0.2, 0.25) is 0 Å². The largest absolute Gasteiger partial charge is 0.496 e. The SMILES string of the molecule is COCCCN1C(=O)CC(CC(=O)N2CCN(c3ccccc3)CC2)(c2ccccc2OC)C1=O. The molecular formula is C27H33N3O5. The van der Waals surface area contributed by atoms with Gasteiger partial charge in [-0.3, -0.25) is 19.3 Å². The molecule has 0 N–H and O–H groups in total. The highest BCUT2D eigenvalue weighted by Crippen LogP contribution is 2.44. The smallest absolute Gasteiger partial charge is 0.241 e. The zero-order chi connectivity index (χ0) is 24.8. The fourth-order valence-corrected chi connectivity index (χ4v) is 5.10. The molecule has 2 aromatic rings. The van der Waals surface area contributed by atoms with E-state index in [2.05, 4.69) is 17.0 Å². The summed E-state index contributed by atoms with van der Waals surface area (Å²) in [6.07, 6.45) is 0.435. The molecule has 0 spiro atoms. The average molecular weight is 480 g/mol. The van der Waals surface area contributed by atoms with Gasteiger partial charge in [0.2, 0.25) is 17.7 Å². The minimum atomic E-state index is -1.27. The molecule has 35 heavy (non-hydrogen) atoms. The Kier molecular flexibility index (Phi) is 7.70. The number of methoxy groups -OCH3 is 2. The predicted octanol–water partition coefficient (Wildman–Crippen LogP) is 2.47. The van der Waals surface area contributed by atoms with Crippen molar-refractivity contribution >= 4 is 23.4 Å². The summed E-state index contributed by atoms with van der Waals surface area (Å²) in [5.41, 5.74) is 0.449. The fraction of sp³-hybridized carbons (Fsp3) is 0.444. The minimum Gasteiger partial charge on any atom is -0.496 e. The molecule has 2 aliphatic heterocycles. The number of imide groups is 1. The normalized spacial score (nSPS) is 20.5. The number of rotatable bonds is 9. The van der Waals surface area contributed by atoms with Crippen molar-refractivity contribution in [1.29, 1.82) is 0 Å². The highest BCUT2D eigenvalue weighted by Gasteiger charge is 2.55. The first-order valence-electron chi connectivity index (χ1n) is 12.0. The fourth-order valence-electron chi connectivity index (χ4n) is 5.10. The molecule has 8 nitrogen and oxygen atoms in total. The van der Waals surface area contributed by atoms with Gasteiger partial charge in [0, 0.05) is 70.5 Å². The number of amides is 3. The van der Waals surface area contributed by atoms with E-state index in [0.29, 0.717) is 50.5 Å². The van der Waals surface area contributed by atoms with Crippen molar-refractivity contribution in [2.24, 2.45) is 0 Å². The van der Waals surface area contributed by atoms with Gasteiger partial charge in [-0.15, -0.1) is 0 Å². The third-order valence-corrected chi connectivity index (χ3v) is 6.97. The van der Waals surface area contributed by atoms with Gasteiger partial charge in [-0.05, 0) is 24.6 Å². The van der Waals surface area contributed by atoms with Gasteiger partial charge in [0.15, 0.2) is 0 Å². The lowest BCUT2D eigenvalue weighted by atomic mass is 9.75. The molecule has 0 aliphatic carbocycles. The number of carbonyl (C=O) groups is 3. The van der Waals surface area contributed by atoms with Gasteiger partial charge in [-0.1, -0.05) is 36.4 Å². The van der Waals surface area contributed by atoms with Crippen molar-refractivity contribution in [3.8, 4) is 5.75 Å². The molecule has 2 aliphatic rings. The van der Waals surface area contributed by atoms with E-state index in [1.165, 1.54) is 12.0 Å². The summed E-state index contributed by atoms with van der Waals surface area (Å²) >= 11 is 0. The van der Waals surface area contributed by atoms with E-state index in [1.807, 2.05) is 35.2 Å².